The van der Waals surface area contributed by atoms with Gasteiger partial charge in [0.2, 0.25) is 0 Å². The van der Waals surface area contributed by atoms with Gasteiger partial charge in [-0.25, -0.2) is 0 Å². The number of benzene rings is 1. The molecule has 4 nitrogen and oxygen atoms in total. The SMILES string of the molecule is CCC(CC)(CO)NC(=O)c1ccc(Cl)cc1N. The molecule has 4 N–H and O–H groups in total. The minimum absolute atomic E-state index is 0.0980. The van der Waals surface area contributed by atoms with E-state index in [1.54, 1.807) is 12.1 Å². The molecule has 1 aromatic rings. The third-order valence-corrected chi connectivity index (χ3v) is 3.53. The Labute approximate surface area is 112 Å². The fourth-order valence-electron chi connectivity index (χ4n) is 1.74. The first-order valence-corrected chi connectivity index (χ1v) is 6.34. The highest BCUT2D eigenvalue weighted by Gasteiger charge is 2.28. The number of hydrogen-bond acceptors (Lipinski definition) is 3. The van der Waals surface area contributed by atoms with Gasteiger partial charge in [0.1, 0.15) is 0 Å². The second-order valence-corrected chi connectivity index (χ2v) is 4.77. The van der Waals surface area contributed by atoms with Crippen molar-refractivity contribution < 1.29 is 9.90 Å². The van der Waals surface area contributed by atoms with Crippen molar-refractivity contribution in [1.29, 1.82) is 0 Å². The van der Waals surface area contributed by atoms with Crippen LogP contribution in [-0.2, 0) is 0 Å². The van der Waals surface area contributed by atoms with Crippen LogP contribution in [0.4, 0.5) is 5.69 Å². The van der Waals surface area contributed by atoms with E-state index in [1.807, 2.05) is 13.8 Å². The number of carbonyl (C=O) groups is 1. The van der Waals surface area contributed by atoms with Crippen LogP contribution < -0.4 is 11.1 Å². The lowest BCUT2D eigenvalue weighted by Crippen LogP contribution is -2.50. The third-order valence-electron chi connectivity index (χ3n) is 3.29. The zero-order valence-electron chi connectivity index (χ0n) is 10.7. The highest BCUT2D eigenvalue weighted by molar-refractivity contribution is 6.31. The number of rotatable bonds is 5. The molecular weight excluding hydrogens is 252 g/mol. The van der Waals surface area contributed by atoms with Crippen LogP contribution in [0.2, 0.25) is 5.02 Å². The molecule has 0 saturated heterocycles. The van der Waals surface area contributed by atoms with Gasteiger partial charge in [-0.2, -0.15) is 0 Å². The van der Waals surface area contributed by atoms with E-state index in [9.17, 15) is 9.90 Å². The van der Waals surface area contributed by atoms with Crippen LogP contribution in [0, 0.1) is 0 Å². The van der Waals surface area contributed by atoms with E-state index in [4.69, 9.17) is 17.3 Å². The van der Waals surface area contributed by atoms with Gasteiger partial charge >= 0.3 is 0 Å². The van der Waals surface area contributed by atoms with E-state index in [1.165, 1.54) is 6.07 Å². The molecule has 18 heavy (non-hydrogen) atoms. The summed E-state index contributed by atoms with van der Waals surface area (Å²) in [7, 11) is 0. The standard InChI is InChI=1S/C13H19ClN2O2/c1-3-13(4-2,8-17)16-12(18)10-6-5-9(14)7-11(10)15/h5-7,17H,3-4,8,15H2,1-2H3,(H,16,18). The lowest BCUT2D eigenvalue weighted by molar-refractivity contribution is 0.0819. The fraction of sp³-hybridized carbons (Fsp3) is 0.462. The predicted molar refractivity (Wildman–Crippen MR) is 73.7 cm³/mol. The number of halogens is 1. The van der Waals surface area contributed by atoms with E-state index in [0.717, 1.165) is 0 Å². The molecular formula is C13H19ClN2O2. The van der Waals surface area contributed by atoms with Gasteiger partial charge in [-0.3, -0.25) is 4.79 Å². The van der Waals surface area contributed by atoms with Crippen molar-refractivity contribution in [1.82, 2.24) is 5.32 Å². The smallest absolute Gasteiger partial charge is 0.253 e. The quantitative estimate of drug-likeness (QED) is 0.718. The van der Waals surface area contributed by atoms with Crippen LogP contribution in [0.15, 0.2) is 18.2 Å². The van der Waals surface area contributed by atoms with Crippen molar-refractivity contribution in [2.45, 2.75) is 32.2 Å². The lowest BCUT2D eigenvalue weighted by Gasteiger charge is -2.30. The Balaban J connectivity index is 2.94. The molecule has 0 unspecified atom stereocenters. The summed E-state index contributed by atoms with van der Waals surface area (Å²) in [5.41, 5.74) is 5.87. The number of amides is 1. The summed E-state index contributed by atoms with van der Waals surface area (Å²) in [6.45, 7) is 3.75. The van der Waals surface area contributed by atoms with Gasteiger partial charge in [-0.05, 0) is 31.0 Å². The summed E-state index contributed by atoms with van der Waals surface area (Å²) in [4.78, 5) is 12.1. The van der Waals surface area contributed by atoms with E-state index in [0.29, 0.717) is 29.1 Å². The molecule has 0 aliphatic heterocycles. The Kier molecular flexibility index (Phi) is 4.99. The molecule has 1 aromatic carbocycles. The first-order chi connectivity index (χ1) is 8.48. The molecule has 0 saturated carbocycles. The highest BCUT2D eigenvalue weighted by atomic mass is 35.5. The molecule has 0 aliphatic rings. The van der Waals surface area contributed by atoms with Crippen molar-refractivity contribution in [2.24, 2.45) is 0 Å². The molecule has 0 fully saturated rings. The molecule has 5 heteroatoms. The molecule has 0 radical (unpaired) electrons. The number of carbonyl (C=O) groups excluding carboxylic acids is 1. The summed E-state index contributed by atoms with van der Waals surface area (Å²) in [5, 5.41) is 12.8. The molecule has 0 bridgehead atoms. The van der Waals surface area contributed by atoms with Crippen LogP contribution in [0.25, 0.3) is 0 Å². The lowest BCUT2D eigenvalue weighted by atomic mass is 9.93. The molecule has 0 aliphatic carbocycles. The van der Waals surface area contributed by atoms with Gasteiger partial charge in [0.05, 0.1) is 17.7 Å². The van der Waals surface area contributed by atoms with Crippen LogP contribution in [0.3, 0.4) is 0 Å². The topological polar surface area (TPSA) is 75.3 Å². The van der Waals surface area contributed by atoms with Crippen LogP contribution in [-0.4, -0.2) is 23.2 Å². The molecule has 1 rings (SSSR count). The van der Waals surface area contributed by atoms with E-state index >= 15 is 0 Å². The Bertz CT molecular complexity index is 423. The Morgan fingerprint density at radius 2 is 2.06 bits per heavy atom. The Morgan fingerprint density at radius 3 is 2.50 bits per heavy atom. The molecule has 1 amide bonds. The summed E-state index contributed by atoms with van der Waals surface area (Å²) < 4.78 is 0. The van der Waals surface area contributed by atoms with E-state index in [-0.39, 0.29) is 12.5 Å². The van der Waals surface area contributed by atoms with Crippen molar-refractivity contribution >= 4 is 23.2 Å². The van der Waals surface area contributed by atoms with Gasteiger partial charge < -0.3 is 16.2 Å². The number of hydrogen-bond donors (Lipinski definition) is 3. The van der Waals surface area contributed by atoms with Crippen LogP contribution >= 0.6 is 11.6 Å². The van der Waals surface area contributed by atoms with Gasteiger partial charge in [-0.1, -0.05) is 25.4 Å². The van der Waals surface area contributed by atoms with Gasteiger partial charge in [0, 0.05) is 10.7 Å². The molecule has 0 aromatic heterocycles. The second-order valence-electron chi connectivity index (χ2n) is 4.33. The zero-order chi connectivity index (χ0) is 13.8. The first kappa shape index (κ1) is 14.8. The first-order valence-electron chi connectivity index (χ1n) is 5.96. The summed E-state index contributed by atoms with van der Waals surface area (Å²) in [6.07, 6.45) is 1.30. The van der Waals surface area contributed by atoms with Gasteiger partial charge in [0.25, 0.3) is 5.91 Å². The average Bonchev–Trinajstić information content (AvgIpc) is 2.36. The highest BCUT2D eigenvalue weighted by Crippen LogP contribution is 2.20. The average molecular weight is 271 g/mol. The Hall–Kier alpha value is -1.26. The summed E-state index contributed by atoms with van der Waals surface area (Å²) >= 11 is 5.78. The fourth-order valence-corrected chi connectivity index (χ4v) is 1.92. The number of nitrogen functional groups attached to an aromatic ring is 1. The van der Waals surface area contributed by atoms with Crippen molar-refractivity contribution in [3.8, 4) is 0 Å². The molecule has 0 heterocycles. The number of aliphatic hydroxyl groups is 1. The summed E-state index contributed by atoms with van der Waals surface area (Å²) in [5.74, 6) is -0.290. The van der Waals surface area contributed by atoms with Gasteiger partial charge in [0.15, 0.2) is 0 Å². The van der Waals surface area contributed by atoms with E-state index in [2.05, 4.69) is 5.32 Å². The van der Waals surface area contributed by atoms with Crippen molar-refractivity contribution in [2.75, 3.05) is 12.3 Å². The predicted octanol–water partition coefficient (Wildman–Crippen LogP) is 2.20. The monoisotopic (exact) mass is 270 g/mol. The molecule has 0 atom stereocenters. The largest absolute Gasteiger partial charge is 0.398 e. The van der Waals surface area contributed by atoms with Gasteiger partial charge in [-0.15, -0.1) is 0 Å². The number of anilines is 1. The second kappa shape index (κ2) is 6.07. The third kappa shape index (κ3) is 3.15. The maximum atomic E-state index is 12.1. The minimum Gasteiger partial charge on any atom is -0.398 e. The van der Waals surface area contributed by atoms with Crippen LogP contribution in [0.5, 0.6) is 0 Å². The number of aliphatic hydroxyl groups excluding tert-OH is 1. The molecule has 100 valence electrons. The normalized spacial score (nSPS) is 11.3. The van der Waals surface area contributed by atoms with E-state index < -0.39 is 5.54 Å². The number of nitrogens with two attached hydrogens (primary N) is 1. The minimum atomic E-state index is -0.594. The molecule has 0 spiro atoms. The maximum absolute atomic E-state index is 12.1. The summed E-state index contributed by atoms with van der Waals surface area (Å²) in [6, 6.07) is 4.74. The number of nitrogens with one attached hydrogen (secondary N) is 1. The van der Waals surface area contributed by atoms with Crippen molar-refractivity contribution in [3.63, 3.8) is 0 Å². The Morgan fingerprint density at radius 1 is 1.44 bits per heavy atom. The van der Waals surface area contributed by atoms with Crippen LogP contribution in [0.1, 0.15) is 37.0 Å². The van der Waals surface area contributed by atoms with Crippen molar-refractivity contribution in [3.05, 3.63) is 28.8 Å². The maximum Gasteiger partial charge on any atom is 0.253 e. The zero-order valence-corrected chi connectivity index (χ0v) is 11.4.